The highest BCUT2D eigenvalue weighted by Crippen LogP contribution is 2.28. The summed E-state index contributed by atoms with van der Waals surface area (Å²) in [5.74, 6) is -1.03. The molecule has 1 aromatic heterocycles. The summed E-state index contributed by atoms with van der Waals surface area (Å²) < 4.78 is 0. The number of aromatic amines is 1. The number of aromatic nitrogens is 4. The molecule has 0 bridgehead atoms. The molecule has 94 valence electrons. The van der Waals surface area contributed by atoms with Crippen LogP contribution < -0.4 is 5.32 Å². The van der Waals surface area contributed by atoms with E-state index in [1.165, 1.54) is 18.2 Å². The van der Waals surface area contributed by atoms with Gasteiger partial charge in [-0.3, -0.25) is 4.79 Å². The van der Waals surface area contributed by atoms with Crippen molar-refractivity contribution in [1.82, 2.24) is 25.9 Å². The minimum absolute atomic E-state index is 0.0228. The van der Waals surface area contributed by atoms with Crippen LogP contribution in [0.2, 0.25) is 0 Å². The van der Waals surface area contributed by atoms with Crippen LogP contribution >= 0.6 is 0 Å². The van der Waals surface area contributed by atoms with Crippen molar-refractivity contribution in [3.05, 3.63) is 29.6 Å². The molecule has 0 spiro atoms. The number of benzene rings is 1. The lowest BCUT2D eigenvalue weighted by atomic mass is 10.1. The van der Waals surface area contributed by atoms with Gasteiger partial charge in [-0.25, -0.2) is 0 Å². The van der Waals surface area contributed by atoms with Gasteiger partial charge in [0, 0.05) is 0 Å². The Hall–Kier alpha value is -2.64. The second kappa shape index (κ2) is 4.70. The average molecular weight is 249 g/mol. The number of para-hydroxylation sites is 1. The predicted molar refractivity (Wildman–Crippen MR) is 59.8 cm³/mol. The van der Waals surface area contributed by atoms with Crippen molar-refractivity contribution in [2.45, 2.75) is 13.0 Å². The van der Waals surface area contributed by atoms with Crippen LogP contribution in [0.15, 0.2) is 18.2 Å². The molecule has 0 aliphatic rings. The number of phenols is 2. The molecule has 4 N–H and O–H groups in total. The maximum atomic E-state index is 11.9. The number of rotatable bonds is 3. The molecular weight excluding hydrogens is 238 g/mol. The monoisotopic (exact) mass is 249 g/mol. The fourth-order valence-electron chi connectivity index (χ4n) is 1.41. The van der Waals surface area contributed by atoms with Crippen LogP contribution in [0.1, 0.15) is 29.1 Å². The normalized spacial score (nSPS) is 12.1. The Labute approximate surface area is 102 Å². The first kappa shape index (κ1) is 11.8. The van der Waals surface area contributed by atoms with Gasteiger partial charge in [-0.1, -0.05) is 11.3 Å². The zero-order chi connectivity index (χ0) is 13.1. The SMILES string of the molecule is CC(NC(=O)c1cccc(O)c1O)c1nn[nH]n1. The molecule has 18 heavy (non-hydrogen) atoms. The van der Waals surface area contributed by atoms with Crippen LogP contribution in [0.3, 0.4) is 0 Å². The van der Waals surface area contributed by atoms with Crippen LogP contribution in [0, 0.1) is 0 Å². The number of carbonyl (C=O) groups excluding carboxylic acids is 1. The summed E-state index contributed by atoms with van der Waals surface area (Å²) in [6.45, 7) is 1.67. The lowest BCUT2D eigenvalue weighted by molar-refractivity contribution is 0.0935. The first-order valence-corrected chi connectivity index (χ1v) is 5.14. The van der Waals surface area contributed by atoms with Crippen molar-refractivity contribution in [1.29, 1.82) is 0 Å². The van der Waals surface area contributed by atoms with Crippen molar-refractivity contribution >= 4 is 5.91 Å². The number of tetrazole rings is 1. The van der Waals surface area contributed by atoms with Gasteiger partial charge < -0.3 is 15.5 Å². The number of phenolic OH excluding ortho intramolecular Hbond substituents is 2. The summed E-state index contributed by atoms with van der Waals surface area (Å²) >= 11 is 0. The Morgan fingerprint density at radius 3 is 2.89 bits per heavy atom. The molecule has 0 radical (unpaired) electrons. The lowest BCUT2D eigenvalue weighted by Gasteiger charge is -2.11. The van der Waals surface area contributed by atoms with E-state index in [0.717, 1.165) is 0 Å². The van der Waals surface area contributed by atoms with Crippen molar-refractivity contribution < 1.29 is 15.0 Å². The van der Waals surface area contributed by atoms with E-state index in [0.29, 0.717) is 5.82 Å². The Kier molecular flexibility index (Phi) is 3.09. The van der Waals surface area contributed by atoms with Gasteiger partial charge in [0.2, 0.25) is 0 Å². The first-order valence-electron chi connectivity index (χ1n) is 5.14. The van der Waals surface area contributed by atoms with Crippen LogP contribution in [-0.2, 0) is 0 Å². The first-order chi connectivity index (χ1) is 8.59. The maximum absolute atomic E-state index is 11.9. The smallest absolute Gasteiger partial charge is 0.255 e. The number of H-pyrrole nitrogens is 1. The fraction of sp³-hybridized carbons (Fsp3) is 0.200. The van der Waals surface area contributed by atoms with Gasteiger partial charge in [0.25, 0.3) is 5.91 Å². The number of aromatic hydroxyl groups is 2. The van der Waals surface area contributed by atoms with Crippen molar-refractivity contribution in [3.63, 3.8) is 0 Å². The highest BCUT2D eigenvalue weighted by molar-refractivity contribution is 5.97. The molecule has 1 aromatic carbocycles. The Balaban J connectivity index is 2.15. The molecule has 1 heterocycles. The third kappa shape index (κ3) is 2.21. The van der Waals surface area contributed by atoms with E-state index in [9.17, 15) is 15.0 Å². The van der Waals surface area contributed by atoms with Gasteiger partial charge in [0.15, 0.2) is 17.3 Å². The second-order valence-corrected chi connectivity index (χ2v) is 3.64. The van der Waals surface area contributed by atoms with Crippen molar-refractivity contribution in [3.8, 4) is 11.5 Å². The summed E-state index contributed by atoms with van der Waals surface area (Å²) in [5, 5.41) is 34.5. The van der Waals surface area contributed by atoms with Gasteiger partial charge in [0.05, 0.1) is 11.6 Å². The second-order valence-electron chi connectivity index (χ2n) is 3.64. The summed E-state index contributed by atoms with van der Waals surface area (Å²) in [4.78, 5) is 11.9. The van der Waals surface area contributed by atoms with Crippen LogP contribution in [0.5, 0.6) is 11.5 Å². The average Bonchev–Trinajstić information content (AvgIpc) is 2.86. The van der Waals surface area contributed by atoms with E-state index in [1.807, 2.05) is 0 Å². The number of carbonyl (C=O) groups is 1. The van der Waals surface area contributed by atoms with Crippen molar-refractivity contribution in [2.24, 2.45) is 0 Å². The number of nitrogens with zero attached hydrogens (tertiary/aromatic N) is 3. The zero-order valence-electron chi connectivity index (χ0n) is 9.45. The topological polar surface area (TPSA) is 124 Å². The van der Waals surface area contributed by atoms with Crippen LogP contribution in [-0.4, -0.2) is 36.7 Å². The molecule has 0 saturated carbocycles. The molecule has 8 heteroatoms. The summed E-state index contributed by atoms with van der Waals surface area (Å²) in [7, 11) is 0. The highest BCUT2D eigenvalue weighted by atomic mass is 16.3. The molecule has 8 nitrogen and oxygen atoms in total. The standard InChI is InChI=1S/C10H11N5O3/c1-5(9-12-14-15-13-9)11-10(18)6-3-2-4-7(16)8(6)17/h2-5,16-17H,1H3,(H,11,18)(H,12,13,14,15). The Bertz CT molecular complexity index is 555. The van der Waals surface area contributed by atoms with Gasteiger partial charge in [-0.15, -0.1) is 10.2 Å². The molecule has 2 rings (SSSR count). The quantitative estimate of drug-likeness (QED) is 0.572. The summed E-state index contributed by atoms with van der Waals surface area (Å²) in [6, 6.07) is 3.67. The number of amides is 1. The van der Waals surface area contributed by atoms with Gasteiger partial charge in [0.1, 0.15) is 0 Å². The molecular formula is C10H11N5O3. The molecule has 0 saturated heterocycles. The highest BCUT2D eigenvalue weighted by Gasteiger charge is 2.18. The van der Waals surface area contributed by atoms with E-state index in [4.69, 9.17) is 0 Å². The fourth-order valence-corrected chi connectivity index (χ4v) is 1.41. The van der Waals surface area contributed by atoms with Gasteiger partial charge in [-0.2, -0.15) is 5.21 Å². The van der Waals surface area contributed by atoms with Crippen molar-refractivity contribution in [2.75, 3.05) is 0 Å². The van der Waals surface area contributed by atoms with E-state index in [1.54, 1.807) is 6.92 Å². The minimum atomic E-state index is -0.541. The number of nitrogens with one attached hydrogen (secondary N) is 2. The van der Waals surface area contributed by atoms with E-state index in [-0.39, 0.29) is 11.3 Å². The molecule has 0 aliphatic heterocycles. The molecule has 0 fully saturated rings. The van der Waals surface area contributed by atoms with Gasteiger partial charge in [-0.05, 0) is 19.1 Å². The number of hydrogen-bond donors (Lipinski definition) is 4. The van der Waals surface area contributed by atoms with Crippen LogP contribution in [0.4, 0.5) is 0 Å². The lowest BCUT2D eigenvalue weighted by Crippen LogP contribution is -2.27. The predicted octanol–water partition coefficient (Wildman–Crippen LogP) is 0.102. The minimum Gasteiger partial charge on any atom is -0.504 e. The van der Waals surface area contributed by atoms with Gasteiger partial charge >= 0.3 is 0 Å². The zero-order valence-corrected chi connectivity index (χ0v) is 9.45. The third-order valence-corrected chi connectivity index (χ3v) is 2.36. The molecule has 1 unspecified atom stereocenters. The van der Waals surface area contributed by atoms with E-state index < -0.39 is 17.7 Å². The molecule has 0 aliphatic carbocycles. The third-order valence-electron chi connectivity index (χ3n) is 2.36. The largest absolute Gasteiger partial charge is 0.504 e. The Morgan fingerprint density at radius 2 is 2.22 bits per heavy atom. The summed E-state index contributed by atoms with van der Waals surface area (Å²) in [6.07, 6.45) is 0. The van der Waals surface area contributed by atoms with Crippen LogP contribution in [0.25, 0.3) is 0 Å². The molecule has 1 amide bonds. The maximum Gasteiger partial charge on any atom is 0.255 e. The van der Waals surface area contributed by atoms with E-state index in [2.05, 4.69) is 25.9 Å². The number of hydrogen-bond acceptors (Lipinski definition) is 6. The molecule has 1 atom stereocenters. The van der Waals surface area contributed by atoms with E-state index >= 15 is 0 Å². The summed E-state index contributed by atoms with van der Waals surface area (Å²) in [5.41, 5.74) is -0.0228. The Morgan fingerprint density at radius 1 is 1.44 bits per heavy atom. The molecule has 2 aromatic rings.